The van der Waals surface area contributed by atoms with Gasteiger partial charge in [-0.3, -0.25) is 9.59 Å². The first-order valence-electron chi connectivity index (χ1n) is 10.8. The number of halogens is 1. The van der Waals surface area contributed by atoms with E-state index < -0.39 is 0 Å². The van der Waals surface area contributed by atoms with Crippen LogP contribution in [-0.4, -0.2) is 33.1 Å². The molecule has 0 aromatic heterocycles. The minimum Gasteiger partial charge on any atom is -0.496 e. The molecule has 35 heavy (non-hydrogen) atoms. The van der Waals surface area contributed by atoms with Crippen molar-refractivity contribution in [3.8, 4) is 28.7 Å². The number of benzene rings is 3. The molecule has 0 bridgehead atoms. The smallest absolute Gasteiger partial charge is 0.312 e. The van der Waals surface area contributed by atoms with E-state index in [9.17, 15) is 9.59 Å². The first-order valence-corrected chi connectivity index (χ1v) is 11.6. The van der Waals surface area contributed by atoms with E-state index in [1.54, 1.807) is 30.3 Å². The third-order valence-electron chi connectivity index (χ3n) is 6.05. The molecule has 0 N–H and O–H groups in total. The molecule has 0 fully saturated rings. The zero-order valence-electron chi connectivity index (χ0n) is 19.2. The molecule has 1 atom stereocenters. The van der Waals surface area contributed by atoms with Crippen LogP contribution in [-0.2, 0) is 4.79 Å². The van der Waals surface area contributed by atoms with E-state index in [-0.39, 0.29) is 29.9 Å². The molecule has 8 heteroatoms. The van der Waals surface area contributed by atoms with Gasteiger partial charge in [0.15, 0.2) is 17.3 Å². The molecule has 0 amide bonds. The van der Waals surface area contributed by atoms with E-state index in [1.165, 1.54) is 21.3 Å². The average Bonchev–Trinajstić information content (AvgIpc) is 3.18. The second kappa shape index (κ2) is 9.11. The Morgan fingerprint density at radius 3 is 2.37 bits per heavy atom. The van der Waals surface area contributed by atoms with Crippen LogP contribution in [0.15, 0.2) is 58.8 Å². The van der Waals surface area contributed by atoms with Crippen LogP contribution < -0.4 is 23.7 Å². The maximum Gasteiger partial charge on any atom is 0.312 e. The first kappa shape index (κ1) is 23.0. The average molecular weight is 537 g/mol. The number of fused-ring (bicyclic) bond motifs is 3. The quantitative estimate of drug-likeness (QED) is 0.241. The van der Waals surface area contributed by atoms with Crippen molar-refractivity contribution in [2.24, 2.45) is 0 Å². The molecule has 2 aliphatic heterocycles. The van der Waals surface area contributed by atoms with Gasteiger partial charge in [0.2, 0.25) is 5.78 Å². The number of methoxy groups -OCH3 is 3. The standard InChI is InChI=1S/C27H21BrO7/c1-31-20-13-22(33-3)21(32-2)10-15(20)11-23-26(30)17-7-8-19-25(27(17)35-23)18(12-24(29)34-19)14-5-4-6-16(28)9-14/h4-11,13,18H,12H2,1-3H3/b23-11-. The number of hydrogen-bond acceptors (Lipinski definition) is 7. The van der Waals surface area contributed by atoms with E-state index in [1.807, 2.05) is 24.3 Å². The lowest BCUT2D eigenvalue weighted by Crippen LogP contribution is -2.21. The van der Waals surface area contributed by atoms with Crippen molar-refractivity contribution in [3.05, 3.63) is 81.0 Å². The maximum absolute atomic E-state index is 13.3. The predicted molar refractivity (Wildman–Crippen MR) is 132 cm³/mol. The molecular weight excluding hydrogens is 516 g/mol. The van der Waals surface area contributed by atoms with E-state index >= 15 is 0 Å². The Labute approximate surface area is 210 Å². The van der Waals surface area contributed by atoms with Gasteiger partial charge >= 0.3 is 5.97 Å². The largest absolute Gasteiger partial charge is 0.496 e. The Morgan fingerprint density at radius 1 is 0.914 bits per heavy atom. The van der Waals surface area contributed by atoms with E-state index in [4.69, 9.17) is 23.7 Å². The highest BCUT2D eigenvalue weighted by atomic mass is 79.9. The number of allylic oxidation sites excluding steroid dienone is 1. The molecule has 0 saturated carbocycles. The van der Waals surface area contributed by atoms with Gasteiger partial charge < -0.3 is 23.7 Å². The van der Waals surface area contributed by atoms with Crippen molar-refractivity contribution in [2.45, 2.75) is 12.3 Å². The normalized spacial score (nSPS) is 17.4. The summed E-state index contributed by atoms with van der Waals surface area (Å²) in [6.45, 7) is 0. The number of carbonyl (C=O) groups is 2. The second-order valence-corrected chi connectivity index (χ2v) is 8.94. The lowest BCUT2D eigenvalue weighted by atomic mass is 9.85. The summed E-state index contributed by atoms with van der Waals surface area (Å²) in [6.07, 6.45) is 1.75. The van der Waals surface area contributed by atoms with E-state index in [0.29, 0.717) is 45.4 Å². The minimum atomic E-state index is -0.336. The van der Waals surface area contributed by atoms with Crippen LogP contribution in [0.3, 0.4) is 0 Å². The van der Waals surface area contributed by atoms with Crippen LogP contribution in [0.1, 0.15) is 39.4 Å². The van der Waals surface area contributed by atoms with Crippen molar-refractivity contribution >= 4 is 33.8 Å². The number of Topliss-reactive ketones (excluding diaryl/α,β-unsaturated/α-hetero) is 1. The minimum absolute atomic E-state index is 0.129. The number of rotatable bonds is 5. The maximum atomic E-state index is 13.3. The molecule has 2 aliphatic rings. The molecule has 1 unspecified atom stereocenters. The summed E-state index contributed by atoms with van der Waals surface area (Å²) in [5, 5.41) is 0. The fraction of sp³-hybridized carbons (Fsp3) is 0.185. The Morgan fingerprint density at radius 2 is 1.66 bits per heavy atom. The summed E-state index contributed by atoms with van der Waals surface area (Å²) in [4.78, 5) is 25.7. The lowest BCUT2D eigenvalue weighted by molar-refractivity contribution is -0.135. The molecule has 3 aromatic rings. The van der Waals surface area contributed by atoms with Crippen LogP contribution in [0.4, 0.5) is 0 Å². The van der Waals surface area contributed by atoms with Crippen molar-refractivity contribution in [1.82, 2.24) is 0 Å². The fourth-order valence-electron chi connectivity index (χ4n) is 4.42. The van der Waals surface area contributed by atoms with Gasteiger partial charge in [0.1, 0.15) is 17.2 Å². The molecule has 178 valence electrons. The first-order chi connectivity index (χ1) is 16.9. The Bertz CT molecular complexity index is 1390. The zero-order chi connectivity index (χ0) is 24.7. The van der Waals surface area contributed by atoms with Gasteiger partial charge in [-0.05, 0) is 42.0 Å². The molecule has 3 aromatic carbocycles. The predicted octanol–water partition coefficient (Wildman–Crippen LogP) is 5.53. The molecule has 0 spiro atoms. The van der Waals surface area contributed by atoms with Crippen LogP contribution in [0.5, 0.6) is 28.7 Å². The molecule has 0 radical (unpaired) electrons. The summed E-state index contributed by atoms with van der Waals surface area (Å²) in [7, 11) is 4.60. The molecular formula is C27H21BrO7. The van der Waals surface area contributed by atoms with Gasteiger partial charge in [0.05, 0.1) is 33.3 Å². The molecule has 5 rings (SSSR count). The summed E-state index contributed by atoms with van der Waals surface area (Å²) in [5.41, 5.74) is 2.59. The summed E-state index contributed by atoms with van der Waals surface area (Å²) >= 11 is 3.50. The van der Waals surface area contributed by atoms with Crippen molar-refractivity contribution in [1.29, 1.82) is 0 Å². The van der Waals surface area contributed by atoms with Crippen molar-refractivity contribution < 1.29 is 33.3 Å². The number of ether oxygens (including phenoxy) is 5. The monoisotopic (exact) mass is 536 g/mol. The number of carbonyl (C=O) groups excluding carboxylic acids is 2. The van der Waals surface area contributed by atoms with Gasteiger partial charge in [0.25, 0.3) is 0 Å². The van der Waals surface area contributed by atoms with Gasteiger partial charge in [-0.2, -0.15) is 0 Å². The Balaban J connectivity index is 1.61. The number of ketones is 1. The Hall–Kier alpha value is -3.78. The molecule has 0 aliphatic carbocycles. The van der Waals surface area contributed by atoms with Gasteiger partial charge in [-0.25, -0.2) is 0 Å². The van der Waals surface area contributed by atoms with Crippen molar-refractivity contribution in [2.75, 3.05) is 21.3 Å². The molecule has 7 nitrogen and oxygen atoms in total. The molecule has 2 heterocycles. The highest BCUT2D eigenvalue weighted by molar-refractivity contribution is 9.10. The lowest BCUT2D eigenvalue weighted by Gasteiger charge is -2.26. The number of esters is 1. The number of hydrogen-bond donors (Lipinski definition) is 0. The van der Waals surface area contributed by atoms with Gasteiger partial charge in [-0.15, -0.1) is 0 Å². The van der Waals surface area contributed by atoms with Crippen LogP contribution in [0, 0.1) is 0 Å². The SMILES string of the molecule is COc1cc(OC)c(OC)cc1/C=C1\Oc2c(ccc3c2C(c2cccc(Br)c2)CC(=O)O3)C1=O. The third-order valence-corrected chi connectivity index (χ3v) is 6.55. The topological polar surface area (TPSA) is 80.3 Å². The summed E-state index contributed by atoms with van der Waals surface area (Å²) in [5.74, 6) is 1.47. The fourth-order valence-corrected chi connectivity index (χ4v) is 4.84. The van der Waals surface area contributed by atoms with Crippen LogP contribution >= 0.6 is 15.9 Å². The highest BCUT2D eigenvalue weighted by Crippen LogP contribution is 2.49. The van der Waals surface area contributed by atoms with Crippen LogP contribution in [0.2, 0.25) is 0 Å². The summed E-state index contributed by atoms with van der Waals surface area (Å²) in [6, 6.07) is 14.4. The highest BCUT2D eigenvalue weighted by Gasteiger charge is 2.38. The Kier molecular flexibility index (Phi) is 5.98. The van der Waals surface area contributed by atoms with Crippen molar-refractivity contribution in [3.63, 3.8) is 0 Å². The second-order valence-electron chi connectivity index (χ2n) is 8.03. The van der Waals surface area contributed by atoms with Gasteiger partial charge in [-0.1, -0.05) is 28.1 Å². The molecule has 0 saturated heterocycles. The zero-order valence-corrected chi connectivity index (χ0v) is 20.8. The van der Waals surface area contributed by atoms with E-state index in [2.05, 4.69) is 15.9 Å². The van der Waals surface area contributed by atoms with E-state index in [0.717, 1.165) is 10.0 Å². The third kappa shape index (κ3) is 4.04. The van der Waals surface area contributed by atoms with Gasteiger partial charge in [0, 0.05) is 27.6 Å². The van der Waals surface area contributed by atoms with Crippen LogP contribution in [0.25, 0.3) is 6.08 Å². The summed E-state index contributed by atoms with van der Waals surface area (Å²) < 4.78 is 28.8.